The van der Waals surface area contributed by atoms with Crippen molar-refractivity contribution in [3.05, 3.63) is 22.7 Å². The molecule has 0 bridgehead atoms. The highest BCUT2D eigenvalue weighted by atomic mass is 35.5. The average molecular weight is 290 g/mol. The highest BCUT2D eigenvalue weighted by molar-refractivity contribution is 7.90. The first-order valence-corrected chi connectivity index (χ1v) is 8.01. The molecule has 1 aromatic rings. The largest absolute Gasteiger partial charge is 0.494 e. The lowest BCUT2D eigenvalue weighted by molar-refractivity contribution is 0.402. The molecule has 100 valence electrons. The van der Waals surface area contributed by atoms with Crippen LogP contribution in [0.2, 0.25) is 5.02 Å². The van der Waals surface area contributed by atoms with Crippen LogP contribution in [-0.2, 0) is 9.84 Å². The number of benzene rings is 1. The fourth-order valence-electron chi connectivity index (χ4n) is 2.23. The zero-order valence-electron chi connectivity index (χ0n) is 10.4. The fourth-order valence-corrected chi connectivity index (χ4v) is 3.47. The van der Waals surface area contributed by atoms with E-state index in [1.54, 1.807) is 12.1 Å². The topological polar surface area (TPSA) is 55.4 Å². The molecule has 1 aromatic carbocycles. The SMILES string of the molecule is COc1c(Cl)cc(C2CCCN2)cc1S(C)(=O)=O. The molecular weight excluding hydrogens is 274 g/mol. The molecule has 1 saturated heterocycles. The van der Waals surface area contributed by atoms with Crippen LogP contribution in [0.1, 0.15) is 24.4 Å². The summed E-state index contributed by atoms with van der Waals surface area (Å²) >= 11 is 6.10. The van der Waals surface area contributed by atoms with Gasteiger partial charge in [-0.25, -0.2) is 8.42 Å². The van der Waals surface area contributed by atoms with Crippen LogP contribution in [0.5, 0.6) is 5.75 Å². The van der Waals surface area contributed by atoms with Crippen molar-refractivity contribution in [2.75, 3.05) is 19.9 Å². The smallest absolute Gasteiger partial charge is 0.179 e. The summed E-state index contributed by atoms with van der Waals surface area (Å²) in [5, 5.41) is 3.66. The standard InChI is InChI=1S/C12H16ClNO3S/c1-17-12-9(13)6-8(10-4-3-5-14-10)7-11(12)18(2,15)16/h6-7,10,14H,3-5H2,1-2H3. The van der Waals surface area contributed by atoms with Crippen molar-refractivity contribution >= 4 is 21.4 Å². The third-order valence-corrected chi connectivity index (χ3v) is 4.48. The average Bonchev–Trinajstić information content (AvgIpc) is 2.80. The Morgan fingerprint density at radius 3 is 2.67 bits per heavy atom. The molecule has 1 aliphatic heterocycles. The Hall–Kier alpha value is -0.780. The van der Waals surface area contributed by atoms with Crippen molar-refractivity contribution < 1.29 is 13.2 Å². The first-order chi connectivity index (χ1) is 8.43. The van der Waals surface area contributed by atoms with E-state index in [2.05, 4.69) is 5.32 Å². The Balaban J connectivity index is 2.55. The van der Waals surface area contributed by atoms with Crippen LogP contribution in [0.4, 0.5) is 0 Å². The van der Waals surface area contributed by atoms with Gasteiger partial charge < -0.3 is 10.1 Å². The van der Waals surface area contributed by atoms with Crippen LogP contribution in [0.15, 0.2) is 17.0 Å². The number of halogens is 1. The predicted molar refractivity (Wildman–Crippen MR) is 71.1 cm³/mol. The van der Waals surface area contributed by atoms with Gasteiger partial charge in [-0.15, -0.1) is 0 Å². The lowest BCUT2D eigenvalue weighted by Gasteiger charge is -2.15. The summed E-state index contributed by atoms with van der Waals surface area (Å²) in [7, 11) is -1.94. The van der Waals surface area contributed by atoms with E-state index < -0.39 is 9.84 Å². The van der Waals surface area contributed by atoms with Gasteiger partial charge in [-0.3, -0.25) is 0 Å². The normalized spacial score (nSPS) is 20.1. The van der Waals surface area contributed by atoms with E-state index in [1.165, 1.54) is 7.11 Å². The monoisotopic (exact) mass is 289 g/mol. The molecule has 1 fully saturated rings. The van der Waals surface area contributed by atoms with Gasteiger partial charge in [0.05, 0.1) is 12.1 Å². The van der Waals surface area contributed by atoms with Gasteiger partial charge in [-0.2, -0.15) is 0 Å². The first kappa shape index (κ1) is 13.6. The summed E-state index contributed by atoms with van der Waals surface area (Å²) in [6.07, 6.45) is 3.24. The quantitative estimate of drug-likeness (QED) is 0.927. The number of methoxy groups -OCH3 is 1. The van der Waals surface area contributed by atoms with Crippen LogP contribution in [0.3, 0.4) is 0 Å². The van der Waals surface area contributed by atoms with E-state index >= 15 is 0 Å². The van der Waals surface area contributed by atoms with Crippen molar-refractivity contribution in [3.8, 4) is 5.75 Å². The third kappa shape index (κ3) is 2.63. The van der Waals surface area contributed by atoms with E-state index in [1.807, 2.05) is 0 Å². The highest BCUT2D eigenvalue weighted by Gasteiger charge is 2.23. The van der Waals surface area contributed by atoms with Gasteiger partial charge in [0.15, 0.2) is 15.6 Å². The number of sulfone groups is 1. The van der Waals surface area contributed by atoms with E-state index in [9.17, 15) is 8.42 Å². The minimum Gasteiger partial charge on any atom is -0.494 e. The van der Waals surface area contributed by atoms with E-state index in [4.69, 9.17) is 16.3 Å². The summed E-state index contributed by atoms with van der Waals surface area (Å²) in [4.78, 5) is 0.154. The number of ether oxygens (including phenoxy) is 1. The summed E-state index contributed by atoms with van der Waals surface area (Å²) in [6.45, 7) is 0.947. The van der Waals surface area contributed by atoms with E-state index in [0.29, 0.717) is 5.02 Å². The van der Waals surface area contributed by atoms with Crippen LogP contribution in [0, 0.1) is 0 Å². The van der Waals surface area contributed by atoms with Gasteiger partial charge in [0.25, 0.3) is 0 Å². The lowest BCUT2D eigenvalue weighted by Crippen LogP contribution is -2.14. The highest BCUT2D eigenvalue weighted by Crippen LogP contribution is 2.36. The molecule has 1 heterocycles. The van der Waals surface area contributed by atoms with Crippen molar-refractivity contribution in [2.45, 2.75) is 23.8 Å². The molecule has 18 heavy (non-hydrogen) atoms. The lowest BCUT2D eigenvalue weighted by atomic mass is 10.1. The van der Waals surface area contributed by atoms with Crippen LogP contribution < -0.4 is 10.1 Å². The van der Waals surface area contributed by atoms with Crippen LogP contribution in [0.25, 0.3) is 0 Å². The van der Waals surface area contributed by atoms with Gasteiger partial charge in [0.2, 0.25) is 0 Å². The molecule has 0 spiro atoms. The summed E-state index contributed by atoms with van der Waals surface area (Å²) in [5.41, 5.74) is 0.902. The third-order valence-electron chi connectivity index (χ3n) is 3.10. The zero-order valence-corrected chi connectivity index (χ0v) is 11.9. The Kier molecular flexibility index (Phi) is 3.84. The van der Waals surface area contributed by atoms with E-state index in [-0.39, 0.29) is 16.7 Å². The summed E-state index contributed by atoms with van der Waals surface area (Å²) in [5.74, 6) is 0.223. The molecule has 1 aliphatic rings. The minimum atomic E-state index is -3.36. The Bertz CT molecular complexity index is 551. The second-order valence-corrected chi connectivity index (χ2v) is 6.85. The van der Waals surface area contributed by atoms with Crippen molar-refractivity contribution in [2.24, 2.45) is 0 Å². The number of rotatable bonds is 3. The van der Waals surface area contributed by atoms with E-state index in [0.717, 1.165) is 31.2 Å². The van der Waals surface area contributed by atoms with Gasteiger partial charge in [-0.05, 0) is 37.1 Å². The molecule has 4 nitrogen and oxygen atoms in total. The Labute approximate surface area is 112 Å². The molecule has 0 radical (unpaired) electrons. The van der Waals surface area contributed by atoms with Crippen molar-refractivity contribution in [1.29, 1.82) is 0 Å². The second kappa shape index (κ2) is 5.07. The molecule has 1 unspecified atom stereocenters. The first-order valence-electron chi connectivity index (χ1n) is 5.74. The molecule has 0 aromatic heterocycles. The van der Waals surface area contributed by atoms with Crippen molar-refractivity contribution in [3.63, 3.8) is 0 Å². The number of nitrogens with one attached hydrogen (secondary N) is 1. The fraction of sp³-hybridized carbons (Fsp3) is 0.500. The molecule has 0 saturated carbocycles. The van der Waals surface area contributed by atoms with Gasteiger partial charge in [0, 0.05) is 12.3 Å². The second-order valence-electron chi connectivity index (χ2n) is 4.46. The summed E-state index contributed by atoms with van der Waals surface area (Å²) < 4.78 is 28.6. The Morgan fingerprint density at radius 2 is 2.17 bits per heavy atom. The molecular formula is C12H16ClNO3S. The zero-order chi connectivity index (χ0) is 13.3. The van der Waals surface area contributed by atoms with Crippen molar-refractivity contribution in [1.82, 2.24) is 5.32 Å². The number of hydrogen-bond donors (Lipinski definition) is 1. The van der Waals surface area contributed by atoms with Crippen LogP contribution in [-0.4, -0.2) is 28.3 Å². The maximum Gasteiger partial charge on any atom is 0.179 e. The van der Waals surface area contributed by atoms with Gasteiger partial charge in [-0.1, -0.05) is 11.6 Å². The Morgan fingerprint density at radius 1 is 1.44 bits per heavy atom. The molecule has 6 heteroatoms. The molecule has 2 rings (SSSR count). The molecule has 1 N–H and O–H groups in total. The number of hydrogen-bond acceptors (Lipinski definition) is 4. The maximum atomic E-state index is 11.8. The van der Waals surface area contributed by atoms with Crippen LogP contribution >= 0.6 is 11.6 Å². The molecule has 1 atom stereocenters. The minimum absolute atomic E-state index is 0.154. The predicted octanol–water partition coefficient (Wildman–Crippen LogP) is 2.18. The molecule has 0 aliphatic carbocycles. The van der Waals surface area contributed by atoms with Gasteiger partial charge >= 0.3 is 0 Å². The maximum absolute atomic E-state index is 11.8. The summed E-state index contributed by atoms with van der Waals surface area (Å²) in [6, 6.07) is 3.61. The molecule has 0 amide bonds. The van der Waals surface area contributed by atoms with Gasteiger partial charge in [0.1, 0.15) is 4.90 Å².